The minimum atomic E-state index is -4.71. The van der Waals surface area contributed by atoms with Crippen LogP contribution in [0.3, 0.4) is 0 Å². The number of amides is 2. The Morgan fingerprint density at radius 2 is 1.51 bits per heavy atom. The fraction of sp³-hybridized carbons (Fsp3) is 0.386. The highest BCUT2D eigenvalue weighted by atomic mass is 35.5. The molecule has 8 nitrogen and oxygen atoms in total. The third-order valence-electron chi connectivity index (χ3n) is 10.4. The fourth-order valence-electron chi connectivity index (χ4n) is 6.16. The van der Waals surface area contributed by atoms with E-state index in [2.05, 4.69) is 64.1 Å². The minimum absolute atomic E-state index is 0.0268. The highest BCUT2D eigenvalue weighted by Gasteiger charge is 2.41. The Morgan fingerprint density at radius 3 is 2.11 bits per heavy atom. The fourth-order valence-corrected chi connectivity index (χ4v) is 6.61. The zero-order valence-electron chi connectivity index (χ0n) is 33.3. The molecule has 1 aliphatic rings. The summed E-state index contributed by atoms with van der Waals surface area (Å²) in [4.78, 5) is 27.7. The Hall–Kier alpha value is -4.74. The number of rotatable bonds is 15. The summed E-state index contributed by atoms with van der Waals surface area (Å²) >= 11 is 12.4. The first-order chi connectivity index (χ1) is 26.8. The molecule has 4 aromatic rings. The molecule has 0 radical (unpaired) electrons. The number of anilines is 2. The molecule has 304 valence electrons. The maximum atomic E-state index is 14.0. The normalized spacial score (nSPS) is 15.3. The predicted octanol–water partition coefficient (Wildman–Crippen LogP) is 11.8. The summed E-state index contributed by atoms with van der Waals surface area (Å²) in [6, 6.07) is 20.0. The van der Waals surface area contributed by atoms with Crippen molar-refractivity contribution in [1.82, 2.24) is 0 Å². The van der Waals surface area contributed by atoms with Crippen molar-refractivity contribution in [1.29, 1.82) is 0 Å². The van der Waals surface area contributed by atoms with E-state index in [0.29, 0.717) is 22.9 Å². The highest BCUT2D eigenvalue weighted by Crippen LogP contribution is 2.40. The molecule has 0 saturated heterocycles. The monoisotopic (exact) mass is 825 g/mol. The van der Waals surface area contributed by atoms with Gasteiger partial charge in [0.15, 0.2) is 6.10 Å². The second kappa shape index (κ2) is 17.4. The standard InChI is InChI=1S/C44H48Cl2F3N3O5/c1-9-35(56-36-19-13-27(42(5,6)10-2)24-33(36)43(7,8)11-3)40(53)50-30-15-17-31(18-16-30)52-41(54)39(57-37-20-14-29(45)25-34(37)46)38(51-52)26-21-28(44(47,48)49)23-32(22-26)55-12-4/h13-25,35,39H,9-12H2,1-8H3,(H,50,53). The van der Waals surface area contributed by atoms with E-state index >= 15 is 0 Å². The quantitative estimate of drug-likeness (QED) is 0.129. The van der Waals surface area contributed by atoms with Gasteiger partial charge in [-0.1, -0.05) is 83.8 Å². The molecule has 0 saturated carbocycles. The van der Waals surface area contributed by atoms with E-state index in [4.69, 9.17) is 37.4 Å². The van der Waals surface area contributed by atoms with Crippen molar-refractivity contribution >= 4 is 52.1 Å². The van der Waals surface area contributed by atoms with Gasteiger partial charge >= 0.3 is 6.18 Å². The number of hydrogen-bond donors (Lipinski definition) is 1. The van der Waals surface area contributed by atoms with Gasteiger partial charge in [0.1, 0.15) is 23.0 Å². The number of ether oxygens (including phenoxy) is 3. The zero-order chi connectivity index (χ0) is 41.9. The number of benzene rings is 4. The van der Waals surface area contributed by atoms with Gasteiger partial charge in [-0.15, -0.1) is 0 Å². The van der Waals surface area contributed by atoms with Crippen molar-refractivity contribution in [3.63, 3.8) is 0 Å². The molecule has 1 aliphatic heterocycles. The van der Waals surface area contributed by atoms with Crippen LogP contribution in [0.1, 0.15) is 96.9 Å². The summed E-state index contributed by atoms with van der Waals surface area (Å²) in [7, 11) is 0. The number of hydrazone groups is 1. The molecule has 0 aliphatic carbocycles. The second-order valence-corrected chi connectivity index (χ2v) is 16.0. The van der Waals surface area contributed by atoms with Crippen LogP contribution in [0.15, 0.2) is 84.0 Å². The summed E-state index contributed by atoms with van der Waals surface area (Å²) < 4.78 is 59.9. The van der Waals surface area contributed by atoms with Crippen LogP contribution in [-0.2, 0) is 26.6 Å². The molecule has 0 spiro atoms. The molecular formula is C44H48Cl2F3N3O5. The summed E-state index contributed by atoms with van der Waals surface area (Å²) in [5.41, 5.74) is 1.58. The molecule has 57 heavy (non-hydrogen) atoms. The van der Waals surface area contributed by atoms with Crippen molar-refractivity contribution in [2.75, 3.05) is 16.9 Å². The molecular weight excluding hydrogens is 778 g/mol. The van der Waals surface area contributed by atoms with Gasteiger partial charge in [0.05, 0.1) is 22.9 Å². The van der Waals surface area contributed by atoms with E-state index in [-0.39, 0.29) is 56.8 Å². The maximum Gasteiger partial charge on any atom is 0.416 e. The van der Waals surface area contributed by atoms with E-state index in [9.17, 15) is 22.8 Å². The van der Waals surface area contributed by atoms with E-state index in [0.717, 1.165) is 35.5 Å². The first-order valence-corrected chi connectivity index (χ1v) is 19.7. The number of carbonyl (C=O) groups is 2. The average molecular weight is 827 g/mol. The number of hydrogen-bond acceptors (Lipinski definition) is 6. The van der Waals surface area contributed by atoms with Gasteiger partial charge in [0.25, 0.3) is 11.8 Å². The van der Waals surface area contributed by atoms with Crippen molar-refractivity contribution in [2.45, 2.75) is 104 Å². The van der Waals surface area contributed by atoms with Crippen LogP contribution in [0, 0.1) is 0 Å². The van der Waals surface area contributed by atoms with Gasteiger partial charge in [0.2, 0.25) is 6.10 Å². The third-order valence-corrected chi connectivity index (χ3v) is 11.0. The minimum Gasteiger partial charge on any atom is -0.494 e. The van der Waals surface area contributed by atoms with Gasteiger partial charge in [-0.2, -0.15) is 23.3 Å². The molecule has 13 heteroatoms. The lowest BCUT2D eigenvalue weighted by Crippen LogP contribution is -2.37. The van der Waals surface area contributed by atoms with Crippen molar-refractivity contribution in [2.24, 2.45) is 5.10 Å². The lowest BCUT2D eigenvalue weighted by atomic mass is 9.76. The lowest BCUT2D eigenvalue weighted by molar-refractivity contribution is -0.137. The van der Waals surface area contributed by atoms with Crippen LogP contribution in [0.4, 0.5) is 24.5 Å². The second-order valence-electron chi connectivity index (χ2n) is 15.1. The molecule has 2 amide bonds. The number of nitrogens with zero attached hydrogens (tertiary/aromatic N) is 2. The summed E-state index contributed by atoms with van der Waals surface area (Å²) in [6.45, 7) is 16.7. The van der Waals surface area contributed by atoms with Gasteiger partial charge in [-0.05, 0) is 109 Å². The van der Waals surface area contributed by atoms with Crippen LogP contribution < -0.4 is 24.5 Å². The van der Waals surface area contributed by atoms with Crippen molar-refractivity contribution < 1.29 is 37.0 Å². The number of nitrogens with one attached hydrogen (secondary N) is 1. The van der Waals surface area contributed by atoms with Crippen LogP contribution in [0.25, 0.3) is 0 Å². The number of alkyl halides is 3. The first-order valence-electron chi connectivity index (χ1n) is 18.9. The van der Waals surface area contributed by atoms with Crippen LogP contribution >= 0.6 is 23.2 Å². The zero-order valence-corrected chi connectivity index (χ0v) is 34.8. The summed E-state index contributed by atoms with van der Waals surface area (Å²) in [6.07, 6.45) is -4.77. The van der Waals surface area contributed by atoms with E-state index in [1.165, 1.54) is 29.8 Å². The molecule has 2 unspecified atom stereocenters. The Morgan fingerprint density at radius 1 is 0.842 bits per heavy atom. The molecule has 4 aromatic carbocycles. The van der Waals surface area contributed by atoms with E-state index in [1.807, 2.05) is 13.0 Å². The van der Waals surface area contributed by atoms with Gasteiger partial charge < -0.3 is 19.5 Å². The molecule has 2 atom stereocenters. The molecule has 1 N–H and O–H groups in total. The van der Waals surface area contributed by atoms with Gasteiger partial charge in [0, 0.05) is 21.8 Å². The summed E-state index contributed by atoms with van der Waals surface area (Å²) in [5, 5.41) is 8.83. The number of halogens is 5. The molecule has 0 fully saturated rings. The highest BCUT2D eigenvalue weighted by molar-refractivity contribution is 6.35. The van der Waals surface area contributed by atoms with Crippen LogP contribution in [0.5, 0.6) is 17.2 Å². The van der Waals surface area contributed by atoms with Crippen LogP contribution in [0.2, 0.25) is 10.0 Å². The summed E-state index contributed by atoms with van der Waals surface area (Å²) in [5.74, 6) is -0.383. The van der Waals surface area contributed by atoms with Crippen molar-refractivity contribution in [3.8, 4) is 17.2 Å². The molecule has 0 bridgehead atoms. The van der Waals surface area contributed by atoms with E-state index in [1.54, 1.807) is 31.2 Å². The number of carbonyl (C=O) groups excluding carboxylic acids is 2. The Kier molecular flexibility index (Phi) is 13.2. The Labute approximate surface area is 342 Å². The largest absolute Gasteiger partial charge is 0.494 e. The topological polar surface area (TPSA) is 89.5 Å². The van der Waals surface area contributed by atoms with Crippen molar-refractivity contribution in [3.05, 3.63) is 111 Å². The van der Waals surface area contributed by atoms with Gasteiger partial charge in [-0.3, -0.25) is 9.59 Å². The molecule has 1 heterocycles. The third kappa shape index (κ3) is 9.87. The van der Waals surface area contributed by atoms with Gasteiger partial charge in [-0.25, -0.2) is 0 Å². The average Bonchev–Trinajstić information content (AvgIpc) is 3.49. The molecule has 0 aromatic heterocycles. The van der Waals surface area contributed by atoms with E-state index < -0.39 is 29.9 Å². The first kappa shape index (κ1) is 43.4. The molecule has 5 rings (SSSR count). The Bertz CT molecular complexity index is 2140. The maximum absolute atomic E-state index is 14.0. The predicted molar refractivity (Wildman–Crippen MR) is 220 cm³/mol. The smallest absolute Gasteiger partial charge is 0.416 e. The SMILES string of the molecule is CCOc1cc(C2=NN(c3ccc(NC(=O)C(CC)Oc4ccc(C(C)(C)CC)cc4C(C)(C)CC)cc3)C(=O)C2Oc2ccc(Cl)cc2Cl)cc(C(F)(F)F)c1. The Balaban J connectivity index is 1.43. The van der Waals surface area contributed by atoms with Crippen LogP contribution in [-0.4, -0.2) is 36.3 Å². The lowest BCUT2D eigenvalue weighted by Gasteiger charge is -2.31.